The van der Waals surface area contributed by atoms with Crippen molar-refractivity contribution in [3.8, 4) is 0 Å². The monoisotopic (exact) mass is 227 g/mol. The molecule has 1 fully saturated rings. The molecule has 4 nitrogen and oxygen atoms in total. The van der Waals surface area contributed by atoms with E-state index in [-0.39, 0.29) is 18.1 Å². The second-order valence-corrected chi connectivity index (χ2v) is 5.07. The predicted molar refractivity (Wildman–Crippen MR) is 66.2 cm³/mol. The fourth-order valence-corrected chi connectivity index (χ4v) is 2.25. The average molecular weight is 227 g/mol. The first-order chi connectivity index (χ1) is 7.59. The quantitative estimate of drug-likeness (QED) is 0.683. The summed E-state index contributed by atoms with van der Waals surface area (Å²) in [5.74, 6) is 0.591. The van der Waals surface area contributed by atoms with Crippen molar-refractivity contribution in [3.63, 3.8) is 0 Å². The van der Waals surface area contributed by atoms with E-state index in [1.165, 1.54) is 32.1 Å². The van der Waals surface area contributed by atoms with Crippen LogP contribution in [0.1, 0.15) is 46.0 Å². The van der Waals surface area contributed by atoms with Gasteiger partial charge in [-0.15, -0.1) is 0 Å². The van der Waals surface area contributed by atoms with E-state index < -0.39 is 0 Å². The molecule has 94 valence electrons. The molecule has 0 heterocycles. The fourth-order valence-electron chi connectivity index (χ4n) is 2.25. The highest BCUT2D eigenvalue weighted by Crippen LogP contribution is 2.25. The average Bonchev–Trinajstić information content (AvgIpc) is 2.26. The highest BCUT2D eigenvalue weighted by Gasteiger charge is 2.20. The molecule has 2 amide bonds. The van der Waals surface area contributed by atoms with Crippen molar-refractivity contribution >= 4 is 6.03 Å². The molecule has 4 heteroatoms. The van der Waals surface area contributed by atoms with Gasteiger partial charge in [-0.2, -0.15) is 0 Å². The molecule has 1 aliphatic carbocycles. The summed E-state index contributed by atoms with van der Waals surface area (Å²) < 4.78 is 0. The molecule has 0 aromatic heterocycles. The maximum Gasteiger partial charge on any atom is 0.315 e. The number of nitrogens with two attached hydrogens (primary N) is 1. The molecule has 0 bridgehead atoms. The van der Waals surface area contributed by atoms with Crippen LogP contribution in [0, 0.1) is 5.92 Å². The molecule has 0 aliphatic heterocycles. The Kier molecular flexibility index (Phi) is 5.60. The third kappa shape index (κ3) is 4.84. The van der Waals surface area contributed by atoms with Crippen molar-refractivity contribution in [2.45, 2.75) is 58.0 Å². The van der Waals surface area contributed by atoms with Crippen LogP contribution in [0.25, 0.3) is 0 Å². The number of amides is 2. The van der Waals surface area contributed by atoms with Crippen molar-refractivity contribution in [2.24, 2.45) is 11.7 Å². The normalized spacial score (nSPS) is 19.5. The molecule has 0 aromatic carbocycles. The van der Waals surface area contributed by atoms with Crippen LogP contribution in [0.15, 0.2) is 0 Å². The van der Waals surface area contributed by atoms with Crippen molar-refractivity contribution in [3.05, 3.63) is 0 Å². The Morgan fingerprint density at radius 3 is 2.50 bits per heavy atom. The Morgan fingerprint density at radius 2 is 1.94 bits per heavy atom. The molecular weight excluding hydrogens is 202 g/mol. The number of hydrogen-bond acceptors (Lipinski definition) is 2. The summed E-state index contributed by atoms with van der Waals surface area (Å²) >= 11 is 0. The Balaban J connectivity index is 2.18. The number of urea groups is 1. The molecular formula is C12H25N3O. The minimum absolute atomic E-state index is 0.109. The second kappa shape index (κ2) is 6.74. The minimum Gasteiger partial charge on any atom is -0.337 e. The van der Waals surface area contributed by atoms with Crippen LogP contribution in [0.5, 0.6) is 0 Å². The predicted octanol–water partition coefficient (Wildman–Crippen LogP) is 1.60. The van der Waals surface area contributed by atoms with E-state index in [0.29, 0.717) is 12.5 Å². The summed E-state index contributed by atoms with van der Waals surface area (Å²) in [5, 5.41) is 5.63. The van der Waals surface area contributed by atoms with Gasteiger partial charge in [-0.25, -0.2) is 4.79 Å². The van der Waals surface area contributed by atoms with Crippen LogP contribution in [-0.2, 0) is 0 Å². The van der Waals surface area contributed by atoms with Gasteiger partial charge in [0.2, 0.25) is 0 Å². The second-order valence-electron chi connectivity index (χ2n) is 5.07. The fraction of sp³-hybridized carbons (Fsp3) is 0.917. The van der Waals surface area contributed by atoms with E-state index in [0.717, 1.165) is 0 Å². The van der Waals surface area contributed by atoms with Crippen LogP contribution >= 0.6 is 0 Å². The van der Waals surface area contributed by atoms with E-state index in [1.54, 1.807) is 0 Å². The largest absolute Gasteiger partial charge is 0.337 e. The zero-order chi connectivity index (χ0) is 12.0. The number of rotatable bonds is 4. The van der Waals surface area contributed by atoms with Gasteiger partial charge in [0, 0.05) is 18.6 Å². The summed E-state index contributed by atoms with van der Waals surface area (Å²) in [6.07, 6.45) is 6.35. The first-order valence-corrected chi connectivity index (χ1v) is 6.39. The molecule has 0 spiro atoms. The van der Waals surface area contributed by atoms with Gasteiger partial charge in [0.05, 0.1) is 0 Å². The summed E-state index contributed by atoms with van der Waals surface area (Å²) in [7, 11) is 0. The standard InChI is InChI=1S/C12H25N3O/c1-9(2)15-12(16)14-8-11(13)10-6-4-3-5-7-10/h9-11H,3-8,13H2,1-2H3,(H2,14,15,16). The lowest BCUT2D eigenvalue weighted by molar-refractivity contribution is 0.234. The molecule has 0 aromatic rings. The molecule has 1 atom stereocenters. The lowest BCUT2D eigenvalue weighted by atomic mass is 9.84. The van der Waals surface area contributed by atoms with Crippen molar-refractivity contribution < 1.29 is 4.79 Å². The third-order valence-corrected chi connectivity index (χ3v) is 3.17. The summed E-state index contributed by atoms with van der Waals surface area (Å²) in [5.41, 5.74) is 6.09. The zero-order valence-corrected chi connectivity index (χ0v) is 10.5. The van der Waals surface area contributed by atoms with Crippen molar-refractivity contribution in [1.29, 1.82) is 0 Å². The van der Waals surface area contributed by atoms with Crippen molar-refractivity contribution in [1.82, 2.24) is 10.6 Å². The topological polar surface area (TPSA) is 67.2 Å². The summed E-state index contributed by atoms with van der Waals surface area (Å²) in [4.78, 5) is 11.4. The van der Waals surface area contributed by atoms with Crippen LogP contribution < -0.4 is 16.4 Å². The molecule has 1 unspecified atom stereocenters. The summed E-state index contributed by atoms with van der Waals surface area (Å²) in [6, 6.07) is 0.172. The molecule has 0 radical (unpaired) electrons. The van der Waals surface area contributed by atoms with E-state index in [1.807, 2.05) is 13.8 Å². The number of carbonyl (C=O) groups is 1. The molecule has 0 saturated heterocycles. The number of nitrogens with one attached hydrogen (secondary N) is 2. The Labute approximate surface area is 98.3 Å². The van der Waals surface area contributed by atoms with E-state index >= 15 is 0 Å². The SMILES string of the molecule is CC(C)NC(=O)NCC(N)C1CCCCC1. The molecule has 4 N–H and O–H groups in total. The lowest BCUT2D eigenvalue weighted by Gasteiger charge is -2.27. The lowest BCUT2D eigenvalue weighted by Crippen LogP contribution is -2.47. The van der Waals surface area contributed by atoms with Gasteiger partial charge in [0.25, 0.3) is 0 Å². The molecule has 1 aliphatic rings. The van der Waals surface area contributed by atoms with E-state index in [9.17, 15) is 4.79 Å². The molecule has 1 saturated carbocycles. The Bertz CT molecular complexity index is 212. The van der Waals surface area contributed by atoms with Gasteiger partial charge in [-0.1, -0.05) is 19.3 Å². The van der Waals surface area contributed by atoms with Gasteiger partial charge in [-0.3, -0.25) is 0 Å². The van der Waals surface area contributed by atoms with E-state index in [4.69, 9.17) is 5.73 Å². The van der Waals surface area contributed by atoms with Crippen molar-refractivity contribution in [2.75, 3.05) is 6.54 Å². The van der Waals surface area contributed by atoms with Gasteiger partial charge in [0.15, 0.2) is 0 Å². The third-order valence-electron chi connectivity index (χ3n) is 3.17. The van der Waals surface area contributed by atoms with Gasteiger partial charge in [0.1, 0.15) is 0 Å². The Hall–Kier alpha value is -0.770. The maximum atomic E-state index is 11.4. The van der Waals surface area contributed by atoms with Gasteiger partial charge >= 0.3 is 6.03 Å². The van der Waals surface area contributed by atoms with Crippen LogP contribution in [0.3, 0.4) is 0 Å². The van der Waals surface area contributed by atoms with Crippen LogP contribution in [-0.4, -0.2) is 24.7 Å². The number of carbonyl (C=O) groups excluding carboxylic acids is 1. The highest BCUT2D eigenvalue weighted by molar-refractivity contribution is 5.74. The van der Waals surface area contributed by atoms with Crippen LogP contribution in [0.2, 0.25) is 0 Å². The van der Waals surface area contributed by atoms with E-state index in [2.05, 4.69) is 10.6 Å². The maximum absolute atomic E-state index is 11.4. The molecule has 16 heavy (non-hydrogen) atoms. The van der Waals surface area contributed by atoms with Gasteiger partial charge < -0.3 is 16.4 Å². The van der Waals surface area contributed by atoms with Gasteiger partial charge in [-0.05, 0) is 32.6 Å². The number of hydrogen-bond donors (Lipinski definition) is 3. The first-order valence-electron chi connectivity index (χ1n) is 6.39. The first kappa shape index (κ1) is 13.3. The summed E-state index contributed by atoms with van der Waals surface area (Å²) in [6.45, 7) is 4.48. The zero-order valence-electron chi connectivity index (χ0n) is 10.5. The smallest absolute Gasteiger partial charge is 0.315 e. The molecule has 1 rings (SSSR count). The van der Waals surface area contributed by atoms with Crippen LogP contribution in [0.4, 0.5) is 4.79 Å². The minimum atomic E-state index is -0.110. The highest BCUT2D eigenvalue weighted by atomic mass is 16.2. The Morgan fingerprint density at radius 1 is 1.31 bits per heavy atom.